The van der Waals surface area contributed by atoms with Crippen molar-refractivity contribution in [2.24, 2.45) is 0 Å². The van der Waals surface area contributed by atoms with Crippen molar-refractivity contribution in [3.8, 4) is 5.75 Å². The average molecular weight is 282 g/mol. The molecule has 0 saturated carbocycles. The SMILES string of the molecule is CCC(Oc1ccc(C(=O)OC)cc1)C(C)(C)O[SiH3]. The number of rotatable bonds is 6. The van der Waals surface area contributed by atoms with Crippen LogP contribution < -0.4 is 4.74 Å². The van der Waals surface area contributed by atoms with E-state index in [-0.39, 0.29) is 17.7 Å². The quantitative estimate of drug-likeness (QED) is 0.588. The summed E-state index contributed by atoms with van der Waals surface area (Å²) in [6.45, 7) is 6.11. The van der Waals surface area contributed by atoms with Crippen LogP contribution in [0.2, 0.25) is 0 Å². The summed E-state index contributed by atoms with van der Waals surface area (Å²) < 4.78 is 16.2. The summed E-state index contributed by atoms with van der Waals surface area (Å²) >= 11 is 0. The molecule has 1 unspecified atom stereocenters. The Bertz CT molecular complexity index is 414. The van der Waals surface area contributed by atoms with Crippen LogP contribution in [0.3, 0.4) is 0 Å². The monoisotopic (exact) mass is 282 g/mol. The third kappa shape index (κ3) is 4.07. The first kappa shape index (κ1) is 15.7. The molecule has 0 aromatic heterocycles. The topological polar surface area (TPSA) is 44.8 Å². The van der Waals surface area contributed by atoms with Gasteiger partial charge in [-0.3, -0.25) is 0 Å². The molecule has 0 radical (unpaired) electrons. The first-order valence-electron chi connectivity index (χ1n) is 6.34. The van der Waals surface area contributed by atoms with Gasteiger partial charge in [-0.2, -0.15) is 0 Å². The molecule has 1 aromatic rings. The molecule has 0 heterocycles. The van der Waals surface area contributed by atoms with Crippen molar-refractivity contribution in [3.05, 3.63) is 29.8 Å². The van der Waals surface area contributed by atoms with Crippen molar-refractivity contribution < 1.29 is 18.7 Å². The molecule has 0 spiro atoms. The summed E-state index contributed by atoms with van der Waals surface area (Å²) in [4.78, 5) is 11.3. The third-order valence-electron chi connectivity index (χ3n) is 3.23. The van der Waals surface area contributed by atoms with Crippen LogP contribution in [0.25, 0.3) is 0 Å². The Kier molecular flexibility index (Phi) is 5.56. The Balaban J connectivity index is 2.79. The van der Waals surface area contributed by atoms with Crippen LogP contribution in [0.15, 0.2) is 24.3 Å². The van der Waals surface area contributed by atoms with Crippen molar-refractivity contribution in [1.82, 2.24) is 0 Å². The van der Waals surface area contributed by atoms with Gasteiger partial charge in [0.15, 0.2) is 0 Å². The lowest BCUT2D eigenvalue weighted by Crippen LogP contribution is -2.42. The molecule has 4 nitrogen and oxygen atoms in total. The summed E-state index contributed by atoms with van der Waals surface area (Å²) in [5.74, 6) is 0.383. The Morgan fingerprint density at radius 1 is 1.32 bits per heavy atom. The van der Waals surface area contributed by atoms with Crippen molar-refractivity contribution in [2.75, 3.05) is 7.11 Å². The standard InChI is InChI=1S/C14H22O4Si/c1-5-12(14(2,3)18-19)17-11-8-6-10(7-9-11)13(15)16-4/h6-9,12H,5H2,1-4,19H3. The van der Waals surface area contributed by atoms with Gasteiger partial charge in [0.25, 0.3) is 0 Å². The molecule has 1 aromatic carbocycles. The first-order valence-corrected chi connectivity index (χ1v) is 7.16. The van der Waals surface area contributed by atoms with E-state index >= 15 is 0 Å². The lowest BCUT2D eigenvalue weighted by Gasteiger charge is -2.33. The molecule has 5 heteroatoms. The number of methoxy groups -OCH3 is 1. The van der Waals surface area contributed by atoms with E-state index in [2.05, 4.69) is 11.7 Å². The molecule has 0 aliphatic carbocycles. The highest BCUT2D eigenvalue weighted by Gasteiger charge is 2.29. The van der Waals surface area contributed by atoms with Gasteiger partial charge in [-0.1, -0.05) is 6.92 Å². The molecule has 0 N–H and O–H groups in total. The van der Waals surface area contributed by atoms with Gasteiger partial charge in [0.2, 0.25) is 0 Å². The molecule has 0 aliphatic heterocycles. The zero-order valence-corrected chi connectivity index (χ0v) is 14.2. The van der Waals surface area contributed by atoms with E-state index in [1.54, 1.807) is 24.3 Å². The van der Waals surface area contributed by atoms with Crippen molar-refractivity contribution in [2.45, 2.75) is 38.9 Å². The van der Waals surface area contributed by atoms with Crippen LogP contribution in [-0.2, 0) is 9.16 Å². The van der Waals surface area contributed by atoms with Crippen LogP contribution in [0, 0.1) is 0 Å². The second-order valence-electron chi connectivity index (χ2n) is 4.84. The van der Waals surface area contributed by atoms with Crippen LogP contribution in [-0.4, -0.2) is 35.3 Å². The minimum atomic E-state index is -0.346. The fourth-order valence-electron chi connectivity index (χ4n) is 1.80. The lowest BCUT2D eigenvalue weighted by molar-refractivity contribution is -0.00967. The summed E-state index contributed by atoms with van der Waals surface area (Å²) in [5.41, 5.74) is 0.212. The normalized spacial score (nSPS) is 13.1. The van der Waals surface area contributed by atoms with E-state index in [1.807, 2.05) is 13.8 Å². The number of carbonyl (C=O) groups is 1. The van der Waals surface area contributed by atoms with Gasteiger partial charge in [0.05, 0.1) is 18.3 Å². The van der Waals surface area contributed by atoms with Crippen molar-refractivity contribution in [1.29, 1.82) is 0 Å². The van der Waals surface area contributed by atoms with E-state index in [1.165, 1.54) is 7.11 Å². The van der Waals surface area contributed by atoms with Crippen molar-refractivity contribution >= 4 is 16.5 Å². The van der Waals surface area contributed by atoms with Crippen LogP contribution in [0.1, 0.15) is 37.6 Å². The summed E-state index contributed by atoms with van der Waals surface area (Å²) in [6.07, 6.45) is 0.836. The number of ether oxygens (including phenoxy) is 2. The number of carbonyl (C=O) groups excluding carboxylic acids is 1. The zero-order chi connectivity index (χ0) is 14.5. The molecule has 0 fully saturated rings. The third-order valence-corrected chi connectivity index (χ3v) is 4.28. The van der Waals surface area contributed by atoms with Gasteiger partial charge in [0.1, 0.15) is 22.3 Å². The van der Waals surface area contributed by atoms with E-state index in [0.717, 1.165) is 12.2 Å². The highest BCUT2D eigenvalue weighted by molar-refractivity contribution is 5.98. The predicted octanol–water partition coefficient (Wildman–Crippen LogP) is 1.71. The Morgan fingerprint density at radius 3 is 2.32 bits per heavy atom. The molecular weight excluding hydrogens is 260 g/mol. The zero-order valence-electron chi connectivity index (χ0n) is 12.2. The number of hydrogen-bond donors (Lipinski definition) is 0. The molecule has 106 valence electrons. The van der Waals surface area contributed by atoms with Gasteiger partial charge < -0.3 is 13.9 Å². The average Bonchev–Trinajstić information content (AvgIpc) is 2.44. The van der Waals surface area contributed by atoms with Gasteiger partial charge in [-0.05, 0) is 44.5 Å². The summed E-state index contributed by atoms with van der Waals surface area (Å²) in [7, 11) is 2.04. The smallest absolute Gasteiger partial charge is 0.337 e. The second kappa shape index (κ2) is 6.72. The Labute approximate surface area is 117 Å². The van der Waals surface area contributed by atoms with Gasteiger partial charge >= 0.3 is 5.97 Å². The molecule has 19 heavy (non-hydrogen) atoms. The number of benzene rings is 1. The maximum atomic E-state index is 11.3. The fraction of sp³-hybridized carbons (Fsp3) is 0.500. The minimum Gasteiger partial charge on any atom is -0.488 e. The highest BCUT2D eigenvalue weighted by Crippen LogP contribution is 2.23. The van der Waals surface area contributed by atoms with E-state index in [4.69, 9.17) is 9.16 Å². The van der Waals surface area contributed by atoms with E-state index in [0.29, 0.717) is 16.0 Å². The van der Waals surface area contributed by atoms with Crippen LogP contribution >= 0.6 is 0 Å². The largest absolute Gasteiger partial charge is 0.488 e. The van der Waals surface area contributed by atoms with E-state index in [9.17, 15) is 4.79 Å². The predicted molar refractivity (Wildman–Crippen MR) is 77.6 cm³/mol. The second-order valence-corrected chi connectivity index (χ2v) is 5.25. The van der Waals surface area contributed by atoms with Crippen LogP contribution in [0.5, 0.6) is 5.75 Å². The Morgan fingerprint density at radius 2 is 1.89 bits per heavy atom. The van der Waals surface area contributed by atoms with Gasteiger partial charge in [-0.25, -0.2) is 4.79 Å². The highest BCUT2D eigenvalue weighted by atomic mass is 28.2. The molecule has 1 atom stereocenters. The minimum absolute atomic E-state index is 0.0195. The molecule has 1 rings (SSSR count). The molecule has 0 bridgehead atoms. The first-order chi connectivity index (χ1) is 8.94. The number of hydrogen-bond acceptors (Lipinski definition) is 4. The maximum absolute atomic E-state index is 11.3. The molecule has 0 amide bonds. The molecule has 0 saturated heterocycles. The van der Waals surface area contributed by atoms with Crippen molar-refractivity contribution in [3.63, 3.8) is 0 Å². The fourth-order valence-corrected chi connectivity index (χ4v) is 2.06. The number of esters is 1. The van der Waals surface area contributed by atoms with Crippen LogP contribution in [0.4, 0.5) is 0 Å². The van der Waals surface area contributed by atoms with E-state index < -0.39 is 0 Å². The molecular formula is C14H22O4Si. The Hall–Kier alpha value is -1.33. The lowest BCUT2D eigenvalue weighted by atomic mass is 9.99. The summed E-state index contributed by atoms with van der Waals surface area (Å²) in [6, 6.07) is 6.95. The van der Waals surface area contributed by atoms with Gasteiger partial charge in [-0.15, -0.1) is 0 Å². The molecule has 0 aliphatic rings. The maximum Gasteiger partial charge on any atom is 0.337 e. The van der Waals surface area contributed by atoms with Gasteiger partial charge in [0, 0.05) is 0 Å². The summed E-state index contributed by atoms with van der Waals surface area (Å²) in [5, 5.41) is 0.